The molecule has 1 aliphatic carbocycles. The molecule has 80 valence electrons. The van der Waals surface area contributed by atoms with Crippen LogP contribution in [0.3, 0.4) is 0 Å². The molecule has 2 aromatic rings. The number of rotatable bonds is 1. The standard InChI is InChI=1S/C12H12N4/c13-14-11-7-9-6-5-8-3-1-2-4-10(8)12(9)16-15-11/h1-4,7H,5-6,13H2,(H,14,15). The number of fused-ring (bicyclic) bond motifs is 3. The van der Waals surface area contributed by atoms with Crippen molar-refractivity contribution in [3.8, 4) is 11.3 Å². The Balaban J connectivity index is 2.18. The largest absolute Gasteiger partial charge is 0.307 e. The monoisotopic (exact) mass is 212 g/mol. The van der Waals surface area contributed by atoms with Crippen LogP contribution in [0.1, 0.15) is 11.1 Å². The second kappa shape index (κ2) is 3.57. The molecule has 4 nitrogen and oxygen atoms in total. The molecule has 4 heteroatoms. The summed E-state index contributed by atoms with van der Waals surface area (Å²) in [7, 11) is 0. The van der Waals surface area contributed by atoms with Gasteiger partial charge in [0.25, 0.3) is 0 Å². The summed E-state index contributed by atoms with van der Waals surface area (Å²) < 4.78 is 0. The van der Waals surface area contributed by atoms with Crippen molar-refractivity contribution in [3.63, 3.8) is 0 Å². The van der Waals surface area contributed by atoms with E-state index in [0.717, 1.165) is 18.5 Å². The molecule has 3 N–H and O–H groups in total. The SMILES string of the molecule is NNc1cc2c(nn1)-c1ccccc1CC2. The predicted octanol–water partition coefficient (Wildman–Crippen LogP) is 1.53. The number of aryl methyl sites for hydroxylation is 2. The molecule has 1 aromatic carbocycles. The van der Waals surface area contributed by atoms with Crippen molar-refractivity contribution in [2.45, 2.75) is 12.8 Å². The number of anilines is 1. The molecule has 3 rings (SSSR count). The van der Waals surface area contributed by atoms with Gasteiger partial charge < -0.3 is 5.43 Å². The van der Waals surface area contributed by atoms with Gasteiger partial charge in [0.05, 0.1) is 5.69 Å². The van der Waals surface area contributed by atoms with Gasteiger partial charge in [0.15, 0.2) is 5.82 Å². The van der Waals surface area contributed by atoms with Gasteiger partial charge in [0.2, 0.25) is 0 Å². The third-order valence-corrected chi connectivity index (χ3v) is 2.96. The summed E-state index contributed by atoms with van der Waals surface area (Å²) in [5.74, 6) is 5.95. The molecule has 0 amide bonds. The van der Waals surface area contributed by atoms with Crippen molar-refractivity contribution >= 4 is 5.82 Å². The molecule has 1 aliphatic rings. The zero-order valence-electron chi connectivity index (χ0n) is 8.77. The van der Waals surface area contributed by atoms with Gasteiger partial charge in [0, 0.05) is 5.56 Å². The van der Waals surface area contributed by atoms with E-state index in [1.165, 1.54) is 16.7 Å². The number of aromatic nitrogens is 2. The first-order chi connectivity index (χ1) is 7.88. The Hall–Kier alpha value is -1.94. The number of hydrazine groups is 1. The number of hydrogen-bond acceptors (Lipinski definition) is 4. The van der Waals surface area contributed by atoms with Gasteiger partial charge in [-0.25, -0.2) is 5.84 Å². The summed E-state index contributed by atoms with van der Waals surface area (Å²) in [6.07, 6.45) is 2.05. The molecule has 0 fully saturated rings. The van der Waals surface area contributed by atoms with E-state index >= 15 is 0 Å². The minimum atomic E-state index is 0.623. The first-order valence-electron chi connectivity index (χ1n) is 5.30. The highest BCUT2D eigenvalue weighted by molar-refractivity contribution is 5.69. The molecule has 0 bridgehead atoms. The van der Waals surface area contributed by atoms with E-state index < -0.39 is 0 Å². The molecule has 0 saturated heterocycles. The van der Waals surface area contributed by atoms with Crippen LogP contribution in [0, 0.1) is 0 Å². The third-order valence-electron chi connectivity index (χ3n) is 2.96. The van der Waals surface area contributed by atoms with Crippen molar-refractivity contribution in [2.24, 2.45) is 5.84 Å². The average molecular weight is 212 g/mol. The summed E-state index contributed by atoms with van der Waals surface area (Å²) in [6.45, 7) is 0. The average Bonchev–Trinajstić information content (AvgIpc) is 2.38. The maximum Gasteiger partial charge on any atom is 0.162 e. The van der Waals surface area contributed by atoms with E-state index in [-0.39, 0.29) is 0 Å². The zero-order valence-corrected chi connectivity index (χ0v) is 8.77. The maximum atomic E-state index is 5.33. The normalized spacial score (nSPS) is 12.8. The van der Waals surface area contributed by atoms with Gasteiger partial charge in [-0.3, -0.25) is 0 Å². The molecule has 0 unspecified atom stereocenters. The maximum absolute atomic E-state index is 5.33. The highest BCUT2D eigenvalue weighted by atomic mass is 15.3. The van der Waals surface area contributed by atoms with Crippen molar-refractivity contribution in [1.29, 1.82) is 0 Å². The highest BCUT2D eigenvalue weighted by Gasteiger charge is 2.17. The van der Waals surface area contributed by atoms with Crippen molar-refractivity contribution in [3.05, 3.63) is 41.5 Å². The fourth-order valence-electron chi connectivity index (χ4n) is 2.16. The van der Waals surface area contributed by atoms with E-state index in [1.54, 1.807) is 0 Å². The van der Waals surface area contributed by atoms with Crippen LogP contribution in [0.25, 0.3) is 11.3 Å². The number of hydrogen-bond donors (Lipinski definition) is 2. The third kappa shape index (κ3) is 1.35. The highest BCUT2D eigenvalue weighted by Crippen LogP contribution is 2.31. The number of nitrogen functional groups attached to an aromatic ring is 1. The molecule has 0 radical (unpaired) electrons. The van der Waals surface area contributed by atoms with E-state index in [4.69, 9.17) is 5.84 Å². The Bertz CT molecular complexity index is 536. The number of benzene rings is 1. The number of nitrogens with one attached hydrogen (secondary N) is 1. The molecule has 0 saturated carbocycles. The van der Waals surface area contributed by atoms with Crippen LogP contribution in [0.5, 0.6) is 0 Å². The minimum Gasteiger partial charge on any atom is -0.307 e. The van der Waals surface area contributed by atoms with Crippen LogP contribution >= 0.6 is 0 Å². The van der Waals surface area contributed by atoms with Crippen LogP contribution in [-0.2, 0) is 12.8 Å². The second-order valence-electron chi connectivity index (χ2n) is 3.90. The summed E-state index contributed by atoms with van der Waals surface area (Å²) in [4.78, 5) is 0. The van der Waals surface area contributed by atoms with Gasteiger partial charge in [-0.2, -0.15) is 0 Å². The summed E-state index contributed by atoms with van der Waals surface area (Å²) >= 11 is 0. The van der Waals surface area contributed by atoms with Crippen molar-refractivity contribution in [2.75, 3.05) is 5.43 Å². The smallest absolute Gasteiger partial charge is 0.162 e. The van der Waals surface area contributed by atoms with Gasteiger partial charge in [-0.1, -0.05) is 24.3 Å². The summed E-state index contributed by atoms with van der Waals surface area (Å²) in [5, 5.41) is 8.26. The number of nitrogens with two attached hydrogens (primary N) is 1. The molecule has 16 heavy (non-hydrogen) atoms. The Kier molecular flexibility index (Phi) is 2.08. The molecule has 1 aromatic heterocycles. The van der Waals surface area contributed by atoms with E-state index in [1.807, 2.05) is 12.1 Å². The van der Waals surface area contributed by atoms with E-state index in [2.05, 4.69) is 33.8 Å². The fraction of sp³-hybridized carbons (Fsp3) is 0.167. The fourth-order valence-corrected chi connectivity index (χ4v) is 2.16. The first-order valence-corrected chi connectivity index (χ1v) is 5.30. The quantitative estimate of drug-likeness (QED) is 0.555. The molecular weight excluding hydrogens is 200 g/mol. The molecule has 0 spiro atoms. The lowest BCUT2D eigenvalue weighted by Crippen LogP contribution is -2.12. The first kappa shape index (κ1) is 9.30. The van der Waals surface area contributed by atoms with Crippen LogP contribution in [0.4, 0.5) is 5.82 Å². The molecule has 0 atom stereocenters. The molecule has 1 heterocycles. The van der Waals surface area contributed by atoms with Crippen LogP contribution in [-0.4, -0.2) is 10.2 Å². The van der Waals surface area contributed by atoms with Crippen LogP contribution in [0.15, 0.2) is 30.3 Å². The number of nitrogens with zero attached hydrogens (tertiary/aromatic N) is 2. The van der Waals surface area contributed by atoms with E-state index in [0.29, 0.717) is 5.82 Å². The van der Waals surface area contributed by atoms with Gasteiger partial charge in [0.1, 0.15) is 0 Å². The Morgan fingerprint density at radius 3 is 2.75 bits per heavy atom. The van der Waals surface area contributed by atoms with Crippen LogP contribution < -0.4 is 11.3 Å². The van der Waals surface area contributed by atoms with Crippen molar-refractivity contribution in [1.82, 2.24) is 10.2 Å². The predicted molar refractivity (Wildman–Crippen MR) is 62.7 cm³/mol. The van der Waals surface area contributed by atoms with Crippen LogP contribution in [0.2, 0.25) is 0 Å². The Labute approximate surface area is 93.5 Å². The summed E-state index contributed by atoms with van der Waals surface area (Å²) in [6, 6.07) is 10.3. The lowest BCUT2D eigenvalue weighted by molar-refractivity contribution is 0.896. The van der Waals surface area contributed by atoms with E-state index in [9.17, 15) is 0 Å². The van der Waals surface area contributed by atoms with Crippen molar-refractivity contribution < 1.29 is 0 Å². The molecule has 0 aliphatic heterocycles. The second-order valence-corrected chi connectivity index (χ2v) is 3.90. The Morgan fingerprint density at radius 1 is 1.06 bits per heavy atom. The summed E-state index contributed by atoms with van der Waals surface area (Å²) in [5.41, 5.74) is 7.26. The topological polar surface area (TPSA) is 63.8 Å². The lowest BCUT2D eigenvalue weighted by atomic mass is 9.89. The minimum absolute atomic E-state index is 0.623. The zero-order chi connectivity index (χ0) is 11.0. The van der Waals surface area contributed by atoms with Gasteiger partial charge in [-0.05, 0) is 30.0 Å². The van der Waals surface area contributed by atoms with Gasteiger partial charge in [-0.15, -0.1) is 10.2 Å². The Morgan fingerprint density at radius 2 is 1.88 bits per heavy atom. The van der Waals surface area contributed by atoms with Gasteiger partial charge >= 0.3 is 0 Å². The molecular formula is C12H12N4. The lowest BCUT2D eigenvalue weighted by Gasteiger charge is -2.18.